The van der Waals surface area contributed by atoms with Crippen molar-refractivity contribution < 1.29 is 14.3 Å². The Morgan fingerprint density at radius 2 is 1.65 bits per heavy atom. The molecule has 1 atom stereocenters. The second-order valence-electron chi connectivity index (χ2n) is 9.80. The summed E-state index contributed by atoms with van der Waals surface area (Å²) in [5.41, 5.74) is 3.53. The van der Waals surface area contributed by atoms with Crippen molar-refractivity contribution in [3.8, 4) is 0 Å². The lowest BCUT2D eigenvalue weighted by molar-refractivity contribution is -0.197. The van der Waals surface area contributed by atoms with Crippen molar-refractivity contribution in [2.24, 2.45) is 16.7 Å². The minimum absolute atomic E-state index is 0.227. The highest BCUT2D eigenvalue weighted by Crippen LogP contribution is 2.49. The highest BCUT2D eigenvalue weighted by atomic mass is 16.7. The molecule has 2 fully saturated rings. The Kier molecular flexibility index (Phi) is 9.55. The monoisotopic (exact) mass is 371 g/mol. The molecule has 1 heterocycles. The molecule has 1 spiro atoms. The van der Waals surface area contributed by atoms with E-state index in [4.69, 9.17) is 14.3 Å². The lowest BCUT2D eigenvalue weighted by Crippen LogP contribution is -2.40. The molecular weight excluding hydrogens is 326 g/mol. The van der Waals surface area contributed by atoms with Crippen LogP contribution in [-0.4, -0.2) is 31.6 Å². The first-order valence-electron chi connectivity index (χ1n) is 10.7. The van der Waals surface area contributed by atoms with Crippen LogP contribution in [0.1, 0.15) is 93.9 Å². The Morgan fingerprint density at radius 1 is 1.04 bits per heavy atom. The fourth-order valence-corrected chi connectivity index (χ4v) is 4.63. The van der Waals surface area contributed by atoms with E-state index in [1.165, 1.54) is 19.3 Å². The molecule has 1 saturated heterocycles. The molecule has 0 radical (unpaired) electrons. The van der Waals surface area contributed by atoms with E-state index in [9.17, 15) is 0 Å². The lowest BCUT2D eigenvalue weighted by Gasteiger charge is -2.45. The zero-order chi connectivity index (χ0) is 19.8. The van der Waals surface area contributed by atoms with Crippen LogP contribution in [0.15, 0.2) is 0 Å². The van der Waals surface area contributed by atoms with Crippen LogP contribution in [0.3, 0.4) is 0 Å². The predicted molar refractivity (Wildman–Crippen MR) is 109 cm³/mol. The SMILES string of the molecule is CCC1COC2(CCC(C(C)(C)CC(C)(C)C)CC2)O1.CCNOCC. The fraction of sp³-hybridized carbons (Fsp3) is 1.00. The molecule has 1 N–H and O–H groups in total. The molecule has 0 bridgehead atoms. The third kappa shape index (κ3) is 7.84. The number of rotatable bonds is 6. The van der Waals surface area contributed by atoms with Crippen LogP contribution in [0.4, 0.5) is 0 Å². The Labute approximate surface area is 162 Å². The van der Waals surface area contributed by atoms with Gasteiger partial charge in [0, 0.05) is 19.4 Å². The first-order chi connectivity index (χ1) is 12.1. The van der Waals surface area contributed by atoms with Gasteiger partial charge in [-0.2, -0.15) is 0 Å². The van der Waals surface area contributed by atoms with Crippen LogP contribution in [0.5, 0.6) is 0 Å². The highest BCUT2D eigenvalue weighted by molar-refractivity contribution is 4.91. The molecular formula is C22H45NO3. The first-order valence-corrected chi connectivity index (χ1v) is 10.7. The number of ether oxygens (including phenoxy) is 2. The van der Waals surface area contributed by atoms with Crippen molar-refractivity contribution >= 4 is 0 Å². The molecule has 2 rings (SSSR count). The Balaban J connectivity index is 0.000000487. The largest absolute Gasteiger partial charge is 0.347 e. The van der Waals surface area contributed by atoms with Gasteiger partial charge in [-0.15, -0.1) is 0 Å². The standard InChI is InChI=1S/C18H34O2.C4H11NO/c1-7-15-12-19-18(20-15)10-8-14(9-11-18)17(5,6)13-16(2,3)4;1-3-5-6-4-2/h14-15H,7-13H2,1-6H3;5H,3-4H2,1-2H3. The molecule has 0 aromatic carbocycles. The molecule has 1 aliphatic heterocycles. The van der Waals surface area contributed by atoms with Crippen LogP contribution in [0.2, 0.25) is 0 Å². The minimum Gasteiger partial charge on any atom is -0.347 e. The van der Waals surface area contributed by atoms with Crippen molar-refractivity contribution in [2.75, 3.05) is 19.8 Å². The van der Waals surface area contributed by atoms with Gasteiger partial charge in [0.2, 0.25) is 0 Å². The summed E-state index contributed by atoms with van der Waals surface area (Å²) in [5.74, 6) is 0.579. The number of hydrogen-bond acceptors (Lipinski definition) is 4. The number of hydroxylamine groups is 1. The van der Waals surface area contributed by atoms with Gasteiger partial charge in [0.05, 0.1) is 19.3 Å². The molecule has 26 heavy (non-hydrogen) atoms. The van der Waals surface area contributed by atoms with Crippen molar-refractivity contribution in [1.29, 1.82) is 0 Å². The van der Waals surface area contributed by atoms with E-state index in [1.54, 1.807) is 0 Å². The van der Waals surface area contributed by atoms with Crippen LogP contribution in [0, 0.1) is 16.7 Å². The van der Waals surface area contributed by atoms with E-state index in [0.717, 1.165) is 44.9 Å². The summed E-state index contributed by atoms with van der Waals surface area (Å²) < 4.78 is 12.2. The second-order valence-corrected chi connectivity index (χ2v) is 9.80. The molecule has 156 valence electrons. The Bertz CT molecular complexity index is 377. The van der Waals surface area contributed by atoms with Crippen molar-refractivity contribution in [1.82, 2.24) is 5.48 Å². The summed E-state index contributed by atoms with van der Waals surface area (Å²) in [5, 5.41) is 0. The molecule has 2 aliphatic rings. The highest BCUT2D eigenvalue weighted by Gasteiger charge is 2.46. The maximum absolute atomic E-state index is 6.18. The average molecular weight is 372 g/mol. The zero-order valence-corrected chi connectivity index (χ0v) is 18.7. The van der Waals surface area contributed by atoms with E-state index in [-0.39, 0.29) is 5.79 Å². The van der Waals surface area contributed by atoms with Crippen LogP contribution in [-0.2, 0) is 14.3 Å². The molecule has 0 aromatic heterocycles. The predicted octanol–water partition coefficient (Wildman–Crippen LogP) is 5.71. The lowest BCUT2D eigenvalue weighted by atomic mass is 9.64. The van der Waals surface area contributed by atoms with Gasteiger partial charge in [0.1, 0.15) is 0 Å². The topological polar surface area (TPSA) is 39.7 Å². The van der Waals surface area contributed by atoms with Gasteiger partial charge in [-0.1, -0.05) is 48.5 Å². The maximum Gasteiger partial charge on any atom is 0.168 e. The Hall–Kier alpha value is -0.160. The molecule has 4 heteroatoms. The van der Waals surface area contributed by atoms with Gasteiger partial charge in [0.15, 0.2) is 5.79 Å². The zero-order valence-electron chi connectivity index (χ0n) is 18.7. The van der Waals surface area contributed by atoms with Crippen LogP contribution < -0.4 is 5.48 Å². The summed E-state index contributed by atoms with van der Waals surface area (Å²) in [4.78, 5) is 4.73. The number of hydrogen-bond donors (Lipinski definition) is 1. The molecule has 1 unspecified atom stereocenters. The van der Waals surface area contributed by atoms with E-state index in [1.807, 2.05) is 13.8 Å². The molecule has 1 aliphatic carbocycles. The van der Waals surface area contributed by atoms with E-state index in [2.05, 4.69) is 47.0 Å². The fourth-order valence-electron chi connectivity index (χ4n) is 4.63. The third-order valence-electron chi connectivity index (χ3n) is 5.60. The van der Waals surface area contributed by atoms with Gasteiger partial charge in [0.25, 0.3) is 0 Å². The normalized spacial score (nSPS) is 29.5. The van der Waals surface area contributed by atoms with Crippen LogP contribution >= 0.6 is 0 Å². The van der Waals surface area contributed by atoms with Gasteiger partial charge in [-0.25, -0.2) is 5.48 Å². The summed E-state index contributed by atoms with van der Waals surface area (Å²) in [7, 11) is 0. The van der Waals surface area contributed by atoms with E-state index in [0.29, 0.717) is 16.9 Å². The quantitative estimate of drug-likeness (QED) is 0.479. The van der Waals surface area contributed by atoms with Gasteiger partial charge in [-0.3, -0.25) is 0 Å². The van der Waals surface area contributed by atoms with Crippen molar-refractivity contribution in [3.63, 3.8) is 0 Å². The van der Waals surface area contributed by atoms with E-state index < -0.39 is 0 Å². The summed E-state index contributed by atoms with van der Waals surface area (Å²) in [6, 6.07) is 0. The second kappa shape index (κ2) is 10.4. The molecule has 0 amide bonds. The van der Waals surface area contributed by atoms with Crippen molar-refractivity contribution in [3.05, 3.63) is 0 Å². The minimum atomic E-state index is -0.227. The first kappa shape index (κ1) is 23.9. The molecule has 1 saturated carbocycles. The van der Waals surface area contributed by atoms with Crippen molar-refractivity contribution in [2.45, 2.75) is 106 Å². The van der Waals surface area contributed by atoms with Gasteiger partial charge in [-0.05, 0) is 49.4 Å². The summed E-state index contributed by atoms with van der Waals surface area (Å²) >= 11 is 0. The maximum atomic E-state index is 6.18. The van der Waals surface area contributed by atoms with Gasteiger partial charge >= 0.3 is 0 Å². The Morgan fingerprint density at radius 3 is 2.04 bits per heavy atom. The van der Waals surface area contributed by atoms with Gasteiger partial charge < -0.3 is 14.3 Å². The summed E-state index contributed by atoms with van der Waals surface area (Å²) in [6.45, 7) is 20.5. The molecule has 4 nitrogen and oxygen atoms in total. The van der Waals surface area contributed by atoms with E-state index >= 15 is 0 Å². The molecule has 0 aromatic rings. The summed E-state index contributed by atoms with van der Waals surface area (Å²) in [6.07, 6.45) is 7.36. The smallest absolute Gasteiger partial charge is 0.168 e. The number of nitrogens with one attached hydrogen (secondary N) is 1. The average Bonchev–Trinajstić information content (AvgIpc) is 2.94. The van der Waals surface area contributed by atoms with Crippen LogP contribution in [0.25, 0.3) is 0 Å². The third-order valence-corrected chi connectivity index (χ3v) is 5.60.